The predicted octanol–water partition coefficient (Wildman–Crippen LogP) is 4.68. The third kappa shape index (κ3) is 4.69. The topological polar surface area (TPSA) is 137 Å². The molecule has 4 bridgehead atoms. The molecule has 0 aromatic carbocycles. The highest BCUT2D eigenvalue weighted by Gasteiger charge is 2.61. The second kappa shape index (κ2) is 9.66. The quantitative estimate of drug-likeness (QED) is 0.346. The van der Waals surface area contributed by atoms with Crippen molar-refractivity contribution in [1.82, 2.24) is 24.9 Å². The van der Waals surface area contributed by atoms with E-state index in [2.05, 4.69) is 20.8 Å². The Hall–Kier alpha value is -2.95. The van der Waals surface area contributed by atoms with E-state index in [0.717, 1.165) is 38.5 Å². The number of amides is 2. The zero-order chi connectivity index (χ0) is 27.4. The Morgan fingerprint density at radius 2 is 1.92 bits per heavy atom. The molecule has 2 amide bonds. The van der Waals surface area contributed by atoms with Crippen LogP contribution in [0.4, 0.5) is 11.5 Å². The molecule has 0 aliphatic heterocycles. The number of carbonyl (C=O) groups excluding carboxylic acids is 2. The molecular formula is C26H36ClN7O4. The maximum Gasteiger partial charge on any atom is 0.408 e. The van der Waals surface area contributed by atoms with Gasteiger partial charge in [-0.3, -0.25) is 14.3 Å². The average molecular weight is 546 g/mol. The second-order valence-electron chi connectivity index (χ2n) is 12.2. The number of rotatable bonds is 9. The minimum atomic E-state index is -0.527. The first-order valence-corrected chi connectivity index (χ1v) is 13.9. The van der Waals surface area contributed by atoms with E-state index in [4.69, 9.17) is 11.6 Å². The molecule has 2 aromatic heterocycles. The lowest BCUT2D eigenvalue weighted by molar-refractivity contribution is -0.389. The van der Waals surface area contributed by atoms with Gasteiger partial charge in [-0.15, -0.1) is 0 Å². The summed E-state index contributed by atoms with van der Waals surface area (Å²) in [6, 6.07) is 0. The third-order valence-electron chi connectivity index (χ3n) is 8.58. The maximum absolute atomic E-state index is 13.5. The van der Waals surface area contributed by atoms with Gasteiger partial charge in [0.2, 0.25) is 5.91 Å². The van der Waals surface area contributed by atoms with E-state index in [0.29, 0.717) is 48.6 Å². The number of anilines is 1. The van der Waals surface area contributed by atoms with Gasteiger partial charge in [-0.2, -0.15) is 9.78 Å². The molecular weight excluding hydrogens is 510 g/mol. The molecule has 12 heteroatoms. The molecule has 2 aromatic rings. The van der Waals surface area contributed by atoms with Crippen LogP contribution in [0.1, 0.15) is 81.9 Å². The summed E-state index contributed by atoms with van der Waals surface area (Å²) in [7, 11) is 0. The fraction of sp³-hybridized carbons (Fsp3) is 0.692. The van der Waals surface area contributed by atoms with Gasteiger partial charge in [0.15, 0.2) is 10.7 Å². The van der Waals surface area contributed by atoms with Crippen molar-refractivity contribution in [2.24, 2.45) is 23.2 Å². The molecule has 2 atom stereocenters. The van der Waals surface area contributed by atoms with Crippen LogP contribution >= 0.6 is 11.6 Å². The van der Waals surface area contributed by atoms with E-state index in [9.17, 15) is 19.7 Å². The Kier molecular flexibility index (Phi) is 6.77. The largest absolute Gasteiger partial charge is 0.408 e. The van der Waals surface area contributed by atoms with Crippen molar-refractivity contribution in [2.75, 3.05) is 11.9 Å². The van der Waals surface area contributed by atoms with Gasteiger partial charge < -0.3 is 20.7 Å². The highest BCUT2D eigenvalue weighted by molar-refractivity contribution is 6.33. The molecule has 4 saturated carbocycles. The first-order chi connectivity index (χ1) is 17.9. The van der Waals surface area contributed by atoms with Crippen LogP contribution in [0, 0.1) is 40.2 Å². The molecule has 0 spiro atoms. The highest BCUT2D eigenvalue weighted by Crippen LogP contribution is 2.65. The van der Waals surface area contributed by atoms with Gasteiger partial charge in [0.1, 0.15) is 0 Å². The van der Waals surface area contributed by atoms with Crippen LogP contribution < -0.4 is 10.6 Å². The Balaban J connectivity index is 1.38. The fourth-order valence-electron chi connectivity index (χ4n) is 7.66. The van der Waals surface area contributed by atoms with Gasteiger partial charge in [-0.25, -0.2) is 0 Å². The minimum absolute atomic E-state index is 0.0914. The molecule has 4 aliphatic rings. The Morgan fingerprint density at radius 3 is 2.50 bits per heavy atom. The van der Waals surface area contributed by atoms with E-state index in [1.807, 2.05) is 20.8 Å². The number of halogens is 1. The van der Waals surface area contributed by atoms with Gasteiger partial charge in [-0.1, -0.05) is 25.4 Å². The summed E-state index contributed by atoms with van der Waals surface area (Å²) in [5.41, 5.74) is 0.652. The van der Waals surface area contributed by atoms with E-state index in [1.54, 1.807) is 22.5 Å². The van der Waals surface area contributed by atoms with Crippen molar-refractivity contribution < 1.29 is 14.5 Å². The molecule has 4 fully saturated rings. The fourth-order valence-corrected chi connectivity index (χ4v) is 7.85. The van der Waals surface area contributed by atoms with E-state index in [1.165, 1.54) is 0 Å². The summed E-state index contributed by atoms with van der Waals surface area (Å²) in [5, 5.41) is 26.2. The lowest BCUT2D eigenvalue weighted by atomic mass is 9.46. The smallest absolute Gasteiger partial charge is 0.358 e. The lowest BCUT2D eigenvalue weighted by Crippen LogP contribution is -2.57. The molecule has 206 valence electrons. The highest BCUT2D eigenvalue weighted by atomic mass is 35.5. The van der Waals surface area contributed by atoms with Gasteiger partial charge in [0, 0.05) is 25.7 Å². The van der Waals surface area contributed by atoms with Gasteiger partial charge in [0.25, 0.3) is 5.91 Å². The van der Waals surface area contributed by atoms with Crippen molar-refractivity contribution in [3.8, 4) is 0 Å². The van der Waals surface area contributed by atoms with E-state index < -0.39 is 4.92 Å². The molecule has 2 heterocycles. The number of hydrogen-bond donors (Lipinski definition) is 2. The van der Waals surface area contributed by atoms with Crippen LogP contribution in [-0.2, 0) is 16.9 Å². The zero-order valence-corrected chi connectivity index (χ0v) is 23.2. The van der Waals surface area contributed by atoms with Crippen LogP contribution in [-0.4, -0.2) is 42.8 Å². The number of carbonyl (C=O) groups is 2. The molecule has 0 saturated heterocycles. The molecule has 2 unspecified atom stereocenters. The first kappa shape index (κ1) is 26.6. The predicted molar refractivity (Wildman–Crippen MR) is 142 cm³/mol. The Bertz CT molecular complexity index is 1270. The number of aromatic nitrogens is 4. The minimum Gasteiger partial charge on any atom is -0.358 e. The van der Waals surface area contributed by atoms with Crippen LogP contribution in [0.5, 0.6) is 0 Å². The van der Waals surface area contributed by atoms with Crippen molar-refractivity contribution in [1.29, 1.82) is 0 Å². The molecule has 0 radical (unpaired) electrons. The molecule has 6 rings (SSSR count). The van der Waals surface area contributed by atoms with Gasteiger partial charge in [-0.05, 0) is 80.5 Å². The Labute approximate surface area is 226 Å². The van der Waals surface area contributed by atoms with Crippen molar-refractivity contribution in [2.45, 2.75) is 84.7 Å². The molecule has 11 nitrogen and oxygen atoms in total. The van der Waals surface area contributed by atoms with Crippen LogP contribution in [0.15, 0.2) is 6.20 Å². The summed E-state index contributed by atoms with van der Waals surface area (Å²) >= 11 is 6.32. The standard InChI is InChI=1S/C26H36ClN7O4/c1-5-32-13-19(22(30-32)24(36)28-12-15(2)3)29-20(35)11-25-7-17-6-18(8-25)10-26(9-17,14-25)33-16(4)21(27)23(31-33)34(37)38/h13,15,17-18H,5-12,14H2,1-4H3,(H,28,36)(H,29,35). The summed E-state index contributed by atoms with van der Waals surface area (Å²) in [6.45, 7) is 8.85. The SMILES string of the molecule is CCn1cc(NC(=O)CC23CC4CC(C2)CC(n2nc([N+](=O)[O-])c(Cl)c2C)(C4)C3)c(C(=O)NCC(C)C)n1. The number of nitro groups is 1. The third-order valence-corrected chi connectivity index (χ3v) is 9.02. The maximum atomic E-state index is 13.5. The first-order valence-electron chi connectivity index (χ1n) is 13.5. The number of aryl methyl sites for hydroxylation is 1. The molecule has 38 heavy (non-hydrogen) atoms. The summed E-state index contributed by atoms with van der Waals surface area (Å²) in [4.78, 5) is 37.3. The molecule has 4 aliphatic carbocycles. The van der Waals surface area contributed by atoms with Crippen molar-refractivity contribution in [3.05, 3.63) is 32.7 Å². The summed E-state index contributed by atoms with van der Waals surface area (Å²) in [6.07, 6.45) is 7.56. The Morgan fingerprint density at radius 1 is 1.24 bits per heavy atom. The van der Waals surface area contributed by atoms with Crippen molar-refractivity contribution >= 4 is 34.9 Å². The molecule has 2 N–H and O–H groups in total. The number of nitrogens with one attached hydrogen (secondary N) is 2. The second-order valence-corrected chi connectivity index (χ2v) is 12.5. The monoisotopic (exact) mass is 545 g/mol. The summed E-state index contributed by atoms with van der Waals surface area (Å²) in [5.74, 6) is 0.419. The average Bonchev–Trinajstić information content (AvgIpc) is 3.37. The van der Waals surface area contributed by atoms with Crippen LogP contribution in [0.25, 0.3) is 0 Å². The van der Waals surface area contributed by atoms with Crippen molar-refractivity contribution in [3.63, 3.8) is 0 Å². The van der Waals surface area contributed by atoms with E-state index in [-0.39, 0.29) is 39.3 Å². The number of hydrogen-bond acceptors (Lipinski definition) is 6. The van der Waals surface area contributed by atoms with Crippen LogP contribution in [0.2, 0.25) is 5.02 Å². The van der Waals surface area contributed by atoms with Gasteiger partial charge in [0.05, 0.1) is 22.0 Å². The van der Waals surface area contributed by atoms with E-state index >= 15 is 0 Å². The number of nitrogens with zero attached hydrogens (tertiary/aromatic N) is 5. The normalized spacial score (nSPS) is 27.6. The lowest BCUT2D eigenvalue weighted by Gasteiger charge is -2.61. The summed E-state index contributed by atoms with van der Waals surface area (Å²) < 4.78 is 3.46. The van der Waals surface area contributed by atoms with Crippen LogP contribution in [0.3, 0.4) is 0 Å². The van der Waals surface area contributed by atoms with Gasteiger partial charge >= 0.3 is 5.82 Å². The zero-order valence-electron chi connectivity index (χ0n) is 22.4.